The molecule has 2 N–H and O–H groups in total. The highest BCUT2D eigenvalue weighted by atomic mass is 19.1. The van der Waals surface area contributed by atoms with Gasteiger partial charge in [0, 0.05) is 37.5 Å². The highest BCUT2D eigenvalue weighted by Crippen LogP contribution is 2.22. The monoisotopic (exact) mass is 274 g/mol. The Hall–Kier alpha value is -2.07. The maximum Gasteiger partial charge on any atom is 0.127 e. The van der Waals surface area contributed by atoms with Crippen molar-refractivity contribution in [1.82, 2.24) is 0 Å². The normalized spacial score (nSPS) is 10.4. The lowest BCUT2D eigenvalue weighted by Crippen LogP contribution is -2.16. The molecule has 106 valence electrons. The van der Waals surface area contributed by atoms with Crippen LogP contribution in [0.4, 0.5) is 10.1 Å². The summed E-state index contributed by atoms with van der Waals surface area (Å²) in [5.41, 5.74) is 8.14. The minimum absolute atomic E-state index is 0.211. The lowest BCUT2D eigenvalue weighted by molar-refractivity contribution is 0.415. The average molecular weight is 274 g/mol. The molecule has 0 unspecified atom stereocenters. The third-order valence-corrected chi connectivity index (χ3v) is 3.24. The zero-order valence-corrected chi connectivity index (χ0v) is 11.8. The molecule has 0 aliphatic rings. The van der Waals surface area contributed by atoms with Gasteiger partial charge in [-0.1, -0.05) is 12.1 Å². The quantitative estimate of drug-likeness (QED) is 0.911. The maximum atomic E-state index is 13.4. The molecule has 20 heavy (non-hydrogen) atoms. The zero-order chi connectivity index (χ0) is 14.5. The second kappa shape index (κ2) is 6.39. The molecule has 2 aromatic rings. The Balaban J connectivity index is 2.16. The predicted octanol–water partition coefficient (Wildman–Crippen LogP) is 2.93. The summed E-state index contributed by atoms with van der Waals surface area (Å²) in [4.78, 5) is 2.08. The smallest absolute Gasteiger partial charge is 0.127 e. The lowest BCUT2D eigenvalue weighted by Gasteiger charge is -2.20. The van der Waals surface area contributed by atoms with E-state index in [0.29, 0.717) is 12.1 Å². The molecule has 0 saturated heterocycles. The molecule has 0 aromatic heterocycles. The van der Waals surface area contributed by atoms with Crippen molar-refractivity contribution in [2.75, 3.05) is 19.1 Å². The number of rotatable bonds is 5. The first-order valence-electron chi connectivity index (χ1n) is 6.46. The Morgan fingerprint density at radius 1 is 1.20 bits per heavy atom. The molecule has 0 radical (unpaired) electrons. The van der Waals surface area contributed by atoms with Crippen LogP contribution in [0.25, 0.3) is 0 Å². The van der Waals surface area contributed by atoms with Crippen LogP contribution in [0, 0.1) is 5.82 Å². The fourth-order valence-electron chi connectivity index (χ4n) is 2.10. The Bertz CT molecular complexity index is 586. The third-order valence-electron chi connectivity index (χ3n) is 3.24. The summed E-state index contributed by atoms with van der Waals surface area (Å²) in [5.74, 6) is 0.566. The Kier molecular flexibility index (Phi) is 4.58. The molecule has 0 fully saturated rings. The van der Waals surface area contributed by atoms with Crippen molar-refractivity contribution < 1.29 is 9.13 Å². The van der Waals surface area contributed by atoms with E-state index < -0.39 is 0 Å². The van der Waals surface area contributed by atoms with E-state index in [1.165, 1.54) is 6.07 Å². The van der Waals surface area contributed by atoms with Gasteiger partial charge in [0.05, 0.1) is 7.11 Å². The van der Waals surface area contributed by atoms with Crippen molar-refractivity contribution >= 4 is 5.69 Å². The number of methoxy groups -OCH3 is 1. The van der Waals surface area contributed by atoms with Gasteiger partial charge in [-0.25, -0.2) is 4.39 Å². The van der Waals surface area contributed by atoms with Crippen LogP contribution in [0.15, 0.2) is 42.5 Å². The number of hydrogen-bond acceptors (Lipinski definition) is 3. The van der Waals surface area contributed by atoms with Crippen LogP contribution < -0.4 is 15.4 Å². The summed E-state index contributed by atoms with van der Waals surface area (Å²) < 4.78 is 18.6. The van der Waals surface area contributed by atoms with Gasteiger partial charge in [-0.3, -0.25) is 0 Å². The second-order valence-electron chi connectivity index (χ2n) is 4.69. The summed E-state index contributed by atoms with van der Waals surface area (Å²) >= 11 is 0. The molecule has 0 heterocycles. The molecule has 0 saturated carbocycles. The number of hydrogen-bond donors (Lipinski definition) is 1. The molecule has 4 heteroatoms. The largest absolute Gasteiger partial charge is 0.497 e. The van der Waals surface area contributed by atoms with E-state index in [4.69, 9.17) is 10.5 Å². The molecule has 0 bridgehead atoms. The fraction of sp³-hybridized carbons (Fsp3) is 0.250. The number of nitrogens with zero attached hydrogens (tertiary/aromatic N) is 1. The summed E-state index contributed by atoms with van der Waals surface area (Å²) in [5, 5.41) is 0. The van der Waals surface area contributed by atoms with Gasteiger partial charge in [-0.15, -0.1) is 0 Å². The second-order valence-corrected chi connectivity index (χ2v) is 4.69. The highest BCUT2D eigenvalue weighted by molar-refractivity contribution is 5.50. The molecule has 0 atom stereocenters. The van der Waals surface area contributed by atoms with Crippen LogP contribution in [0.2, 0.25) is 0 Å². The fourth-order valence-corrected chi connectivity index (χ4v) is 2.10. The molecular weight excluding hydrogens is 255 g/mol. The molecule has 0 aliphatic heterocycles. The Morgan fingerprint density at radius 3 is 2.70 bits per heavy atom. The van der Waals surface area contributed by atoms with E-state index in [9.17, 15) is 4.39 Å². The highest BCUT2D eigenvalue weighted by Gasteiger charge is 2.06. The topological polar surface area (TPSA) is 38.5 Å². The van der Waals surface area contributed by atoms with Crippen molar-refractivity contribution in [3.63, 3.8) is 0 Å². The van der Waals surface area contributed by atoms with Gasteiger partial charge >= 0.3 is 0 Å². The van der Waals surface area contributed by atoms with Crippen LogP contribution in [0.5, 0.6) is 5.75 Å². The van der Waals surface area contributed by atoms with Crippen molar-refractivity contribution in [1.29, 1.82) is 0 Å². The summed E-state index contributed by atoms with van der Waals surface area (Å²) in [6, 6.07) is 12.9. The predicted molar refractivity (Wildman–Crippen MR) is 79.4 cm³/mol. The minimum atomic E-state index is -0.250. The number of benzene rings is 2. The Labute approximate surface area is 118 Å². The van der Waals surface area contributed by atoms with E-state index in [1.54, 1.807) is 13.2 Å². The summed E-state index contributed by atoms with van der Waals surface area (Å²) in [6.45, 7) is 0.892. The first kappa shape index (κ1) is 14.3. The van der Waals surface area contributed by atoms with Gasteiger partial charge < -0.3 is 15.4 Å². The van der Waals surface area contributed by atoms with Crippen molar-refractivity contribution in [2.24, 2.45) is 5.73 Å². The van der Waals surface area contributed by atoms with E-state index in [-0.39, 0.29) is 12.4 Å². The standard InChI is InChI=1S/C16H19FN2O/c1-19(14-4-3-5-15(9-14)20-2)11-12-6-7-16(17)13(8-12)10-18/h3-9H,10-11,18H2,1-2H3. The van der Waals surface area contributed by atoms with Gasteiger partial charge in [0.25, 0.3) is 0 Å². The number of anilines is 1. The van der Waals surface area contributed by atoms with Crippen LogP contribution in [0.1, 0.15) is 11.1 Å². The average Bonchev–Trinajstić information content (AvgIpc) is 2.49. The molecular formula is C16H19FN2O. The van der Waals surface area contributed by atoms with Gasteiger partial charge in [0.1, 0.15) is 11.6 Å². The molecule has 0 aliphatic carbocycles. The Morgan fingerprint density at radius 2 is 2.00 bits per heavy atom. The zero-order valence-electron chi connectivity index (χ0n) is 11.8. The third kappa shape index (κ3) is 3.27. The molecule has 2 rings (SSSR count). The minimum Gasteiger partial charge on any atom is -0.497 e. The summed E-state index contributed by atoms with van der Waals surface area (Å²) in [7, 11) is 3.63. The number of halogens is 1. The lowest BCUT2D eigenvalue weighted by atomic mass is 10.1. The van der Waals surface area contributed by atoms with Gasteiger partial charge in [0.2, 0.25) is 0 Å². The van der Waals surface area contributed by atoms with E-state index in [1.807, 2.05) is 37.4 Å². The first-order valence-corrected chi connectivity index (χ1v) is 6.46. The molecule has 0 spiro atoms. The van der Waals surface area contributed by atoms with Gasteiger partial charge in [-0.2, -0.15) is 0 Å². The SMILES string of the molecule is COc1cccc(N(C)Cc2ccc(F)c(CN)c2)c1. The molecule has 0 amide bonds. The van der Waals surface area contributed by atoms with Crippen molar-refractivity contribution in [3.8, 4) is 5.75 Å². The number of ether oxygens (including phenoxy) is 1. The van der Waals surface area contributed by atoms with Crippen LogP contribution >= 0.6 is 0 Å². The van der Waals surface area contributed by atoms with Crippen molar-refractivity contribution in [2.45, 2.75) is 13.1 Å². The maximum absolute atomic E-state index is 13.4. The summed E-state index contributed by atoms with van der Waals surface area (Å²) in [6.07, 6.45) is 0. The van der Waals surface area contributed by atoms with E-state index in [2.05, 4.69) is 4.90 Å². The van der Waals surface area contributed by atoms with E-state index in [0.717, 1.165) is 17.0 Å². The van der Waals surface area contributed by atoms with Crippen LogP contribution in [-0.2, 0) is 13.1 Å². The van der Waals surface area contributed by atoms with Crippen LogP contribution in [0.3, 0.4) is 0 Å². The van der Waals surface area contributed by atoms with E-state index >= 15 is 0 Å². The van der Waals surface area contributed by atoms with Crippen molar-refractivity contribution in [3.05, 3.63) is 59.4 Å². The first-order chi connectivity index (χ1) is 9.63. The number of nitrogens with two attached hydrogens (primary N) is 1. The van der Waals surface area contributed by atoms with Gasteiger partial charge in [0.15, 0.2) is 0 Å². The van der Waals surface area contributed by atoms with Gasteiger partial charge in [-0.05, 0) is 29.8 Å². The molecule has 2 aromatic carbocycles. The molecule has 3 nitrogen and oxygen atoms in total. The van der Waals surface area contributed by atoms with Crippen LogP contribution in [-0.4, -0.2) is 14.2 Å².